The zero-order chi connectivity index (χ0) is 15.6. The van der Waals surface area contributed by atoms with Gasteiger partial charge in [0, 0.05) is 13.1 Å². The van der Waals surface area contributed by atoms with Crippen LogP contribution in [0.15, 0.2) is 22.6 Å². The fourth-order valence-corrected chi connectivity index (χ4v) is 2.67. The summed E-state index contributed by atoms with van der Waals surface area (Å²) in [7, 11) is 0. The summed E-state index contributed by atoms with van der Waals surface area (Å²) in [4.78, 5) is 4.46. The Bertz CT molecular complexity index is 556. The Morgan fingerprint density at radius 1 is 1.09 bits per heavy atom. The standard InChI is InChI=1S/C18H29N3O.ClH/c1-2-3-4-5-6-7-8-9-15-10-11-17-16(14-15)21-18(22-17)20-13-12-19;/h10-11,14H,2-9,12-13,19H2,1H3,(H,20,21);1H. The molecule has 0 fully saturated rings. The van der Waals surface area contributed by atoms with Crippen molar-refractivity contribution in [2.24, 2.45) is 5.73 Å². The number of unbranched alkanes of at least 4 members (excludes halogenated alkanes) is 6. The number of hydrogen-bond donors (Lipinski definition) is 2. The lowest BCUT2D eigenvalue weighted by Crippen LogP contribution is -2.13. The van der Waals surface area contributed by atoms with Gasteiger partial charge in [0.2, 0.25) is 0 Å². The molecule has 0 atom stereocenters. The summed E-state index contributed by atoms with van der Waals surface area (Å²) in [5.41, 5.74) is 8.58. The number of oxazole rings is 1. The average Bonchev–Trinajstić information content (AvgIpc) is 2.94. The van der Waals surface area contributed by atoms with Crippen LogP contribution < -0.4 is 11.1 Å². The Morgan fingerprint density at radius 3 is 2.57 bits per heavy atom. The maximum atomic E-state index is 5.63. The highest BCUT2D eigenvalue weighted by atomic mass is 35.5. The summed E-state index contributed by atoms with van der Waals surface area (Å²) in [6.45, 7) is 3.51. The van der Waals surface area contributed by atoms with Crippen molar-refractivity contribution in [1.29, 1.82) is 0 Å². The summed E-state index contributed by atoms with van der Waals surface area (Å²) in [6, 6.07) is 6.88. The molecule has 3 N–H and O–H groups in total. The Morgan fingerprint density at radius 2 is 1.83 bits per heavy atom. The zero-order valence-electron chi connectivity index (χ0n) is 14.1. The van der Waals surface area contributed by atoms with Crippen LogP contribution in [0.1, 0.15) is 57.4 Å². The quantitative estimate of drug-likeness (QED) is 0.571. The van der Waals surface area contributed by atoms with Crippen molar-refractivity contribution < 1.29 is 4.42 Å². The number of aryl methyl sites for hydroxylation is 1. The number of aromatic nitrogens is 1. The number of fused-ring (bicyclic) bond motifs is 1. The van der Waals surface area contributed by atoms with Gasteiger partial charge in [-0.1, -0.05) is 51.5 Å². The summed E-state index contributed by atoms with van der Waals surface area (Å²) in [6.07, 6.45) is 10.5. The van der Waals surface area contributed by atoms with Gasteiger partial charge in [-0.15, -0.1) is 12.4 Å². The molecule has 0 saturated heterocycles. The molecule has 0 unspecified atom stereocenters. The molecule has 130 valence electrons. The average molecular weight is 340 g/mol. The van der Waals surface area contributed by atoms with Gasteiger partial charge < -0.3 is 15.5 Å². The van der Waals surface area contributed by atoms with Crippen molar-refractivity contribution in [3.05, 3.63) is 23.8 Å². The predicted octanol–water partition coefficient (Wildman–Crippen LogP) is 4.91. The molecule has 2 aromatic rings. The topological polar surface area (TPSA) is 64.1 Å². The summed E-state index contributed by atoms with van der Waals surface area (Å²) in [5.74, 6) is 0. The monoisotopic (exact) mass is 339 g/mol. The molecule has 23 heavy (non-hydrogen) atoms. The van der Waals surface area contributed by atoms with Crippen LogP contribution in [0.4, 0.5) is 6.01 Å². The first-order valence-corrected chi connectivity index (χ1v) is 8.67. The minimum Gasteiger partial charge on any atom is -0.424 e. The Labute approximate surface area is 145 Å². The van der Waals surface area contributed by atoms with Gasteiger partial charge in [0.1, 0.15) is 5.52 Å². The third-order valence-electron chi connectivity index (χ3n) is 3.94. The van der Waals surface area contributed by atoms with E-state index in [0.717, 1.165) is 17.5 Å². The minimum atomic E-state index is 0. The fraction of sp³-hybridized carbons (Fsp3) is 0.611. The van der Waals surface area contributed by atoms with Crippen molar-refractivity contribution in [2.75, 3.05) is 18.4 Å². The van der Waals surface area contributed by atoms with Crippen molar-refractivity contribution in [1.82, 2.24) is 4.98 Å². The second-order valence-corrected chi connectivity index (χ2v) is 5.91. The minimum absolute atomic E-state index is 0. The van der Waals surface area contributed by atoms with Crippen LogP contribution in [-0.4, -0.2) is 18.1 Å². The Hall–Kier alpha value is -1.26. The van der Waals surface area contributed by atoms with Crippen molar-refractivity contribution in [2.45, 2.75) is 58.3 Å². The second-order valence-electron chi connectivity index (χ2n) is 5.91. The van der Waals surface area contributed by atoms with E-state index in [2.05, 4.69) is 29.4 Å². The lowest BCUT2D eigenvalue weighted by atomic mass is 10.0. The molecule has 0 aliphatic heterocycles. The van der Waals surface area contributed by atoms with Crippen LogP contribution in [-0.2, 0) is 6.42 Å². The third kappa shape index (κ3) is 6.80. The lowest BCUT2D eigenvalue weighted by Gasteiger charge is -2.02. The molecule has 1 heterocycles. The fourth-order valence-electron chi connectivity index (χ4n) is 2.67. The van der Waals surface area contributed by atoms with Gasteiger partial charge in [-0.3, -0.25) is 0 Å². The van der Waals surface area contributed by atoms with Crippen LogP contribution in [0.25, 0.3) is 11.1 Å². The lowest BCUT2D eigenvalue weighted by molar-refractivity contribution is 0.589. The Kier molecular flexibility index (Phi) is 9.72. The zero-order valence-corrected chi connectivity index (χ0v) is 15.0. The molecule has 0 radical (unpaired) electrons. The molecule has 1 aromatic heterocycles. The molecular weight excluding hydrogens is 310 g/mol. The van der Waals surface area contributed by atoms with E-state index >= 15 is 0 Å². The molecular formula is C18H30ClN3O. The molecule has 2 rings (SSSR count). The number of rotatable bonds is 11. The summed E-state index contributed by atoms with van der Waals surface area (Å²) in [5, 5.41) is 3.08. The maximum absolute atomic E-state index is 5.63. The first kappa shape index (κ1) is 19.8. The van der Waals surface area contributed by atoms with Crippen LogP contribution >= 0.6 is 12.4 Å². The first-order valence-electron chi connectivity index (χ1n) is 8.67. The van der Waals surface area contributed by atoms with E-state index in [1.54, 1.807) is 0 Å². The number of anilines is 1. The number of nitrogens with zero attached hydrogens (tertiary/aromatic N) is 1. The van der Waals surface area contributed by atoms with Gasteiger partial charge in [-0.25, -0.2) is 0 Å². The molecule has 4 nitrogen and oxygen atoms in total. The van der Waals surface area contributed by atoms with Gasteiger partial charge >= 0.3 is 0 Å². The van der Waals surface area contributed by atoms with Crippen LogP contribution in [0.2, 0.25) is 0 Å². The molecule has 0 spiro atoms. The van der Waals surface area contributed by atoms with E-state index < -0.39 is 0 Å². The number of nitrogens with two attached hydrogens (primary N) is 1. The predicted molar refractivity (Wildman–Crippen MR) is 100 cm³/mol. The Balaban J connectivity index is 0.00000264. The normalized spacial score (nSPS) is 10.7. The van der Waals surface area contributed by atoms with E-state index in [1.165, 1.54) is 50.5 Å². The maximum Gasteiger partial charge on any atom is 0.295 e. The van der Waals surface area contributed by atoms with Crippen LogP contribution in [0.3, 0.4) is 0 Å². The highest BCUT2D eigenvalue weighted by Crippen LogP contribution is 2.21. The van der Waals surface area contributed by atoms with Gasteiger partial charge in [-0.2, -0.15) is 4.98 Å². The highest BCUT2D eigenvalue weighted by molar-refractivity contribution is 5.85. The SMILES string of the molecule is CCCCCCCCCc1ccc2oc(NCCN)nc2c1.Cl. The number of nitrogens with one attached hydrogen (secondary N) is 1. The van der Waals surface area contributed by atoms with Crippen molar-refractivity contribution in [3.8, 4) is 0 Å². The van der Waals surface area contributed by atoms with E-state index in [0.29, 0.717) is 19.1 Å². The van der Waals surface area contributed by atoms with Crippen LogP contribution in [0, 0.1) is 0 Å². The molecule has 0 saturated carbocycles. The van der Waals surface area contributed by atoms with Crippen molar-refractivity contribution >= 4 is 29.5 Å². The largest absolute Gasteiger partial charge is 0.424 e. The molecule has 5 heteroatoms. The molecule has 0 amide bonds. The van der Waals surface area contributed by atoms with E-state index in [4.69, 9.17) is 10.2 Å². The van der Waals surface area contributed by atoms with Gasteiger partial charge in [0.15, 0.2) is 5.58 Å². The second kappa shape index (κ2) is 11.3. The molecule has 1 aromatic carbocycles. The molecule has 0 aliphatic rings. The third-order valence-corrected chi connectivity index (χ3v) is 3.94. The van der Waals surface area contributed by atoms with Gasteiger partial charge in [0.05, 0.1) is 0 Å². The highest BCUT2D eigenvalue weighted by Gasteiger charge is 2.05. The smallest absolute Gasteiger partial charge is 0.295 e. The number of hydrogen-bond acceptors (Lipinski definition) is 4. The molecule has 0 bridgehead atoms. The summed E-state index contributed by atoms with van der Waals surface area (Å²) >= 11 is 0. The van der Waals surface area contributed by atoms with E-state index in [9.17, 15) is 0 Å². The van der Waals surface area contributed by atoms with Gasteiger partial charge in [-0.05, 0) is 30.5 Å². The van der Waals surface area contributed by atoms with Crippen molar-refractivity contribution in [3.63, 3.8) is 0 Å². The first-order chi connectivity index (χ1) is 10.8. The van der Waals surface area contributed by atoms with Gasteiger partial charge in [0.25, 0.3) is 6.01 Å². The molecule has 0 aliphatic carbocycles. The number of halogens is 1. The summed E-state index contributed by atoms with van der Waals surface area (Å²) < 4.78 is 5.63. The van der Waals surface area contributed by atoms with E-state index in [1.807, 2.05) is 6.07 Å². The number of benzene rings is 1. The van der Waals surface area contributed by atoms with E-state index in [-0.39, 0.29) is 12.4 Å². The van der Waals surface area contributed by atoms with Crippen LogP contribution in [0.5, 0.6) is 0 Å².